The molecule has 0 radical (unpaired) electrons. The van der Waals surface area contributed by atoms with E-state index in [2.05, 4.69) is 11.9 Å². The quantitative estimate of drug-likeness (QED) is 0.760. The number of nitrogens with two attached hydrogens (primary N) is 1. The van der Waals surface area contributed by atoms with E-state index in [0.717, 1.165) is 12.2 Å². The molecule has 1 aliphatic rings. The molecule has 1 amide bonds. The van der Waals surface area contributed by atoms with Gasteiger partial charge < -0.3 is 10.6 Å². The van der Waals surface area contributed by atoms with Gasteiger partial charge in [0.05, 0.1) is 0 Å². The Bertz CT molecular complexity index is 395. The molecule has 0 saturated carbocycles. The van der Waals surface area contributed by atoms with Crippen molar-refractivity contribution in [3.63, 3.8) is 0 Å². The number of hydrogen-bond acceptors (Lipinski definition) is 3. The Labute approximate surface area is 95.5 Å². The Kier molecular flexibility index (Phi) is 2.92. The number of carbonyl (C=O) groups excluding carboxylic acids is 1. The number of aromatic nitrogens is 1. The van der Waals surface area contributed by atoms with Crippen molar-refractivity contribution in [2.45, 2.75) is 19.9 Å². The van der Waals surface area contributed by atoms with Crippen molar-refractivity contribution in [3.8, 4) is 0 Å². The molecule has 1 fully saturated rings. The van der Waals surface area contributed by atoms with Crippen LogP contribution in [-0.4, -0.2) is 34.9 Å². The maximum absolute atomic E-state index is 12.1. The van der Waals surface area contributed by atoms with E-state index in [4.69, 9.17) is 5.73 Å². The van der Waals surface area contributed by atoms with Crippen LogP contribution in [0.5, 0.6) is 0 Å². The number of amides is 1. The lowest BCUT2D eigenvalue weighted by molar-refractivity contribution is 0.0781. The minimum absolute atomic E-state index is 0.0106. The summed E-state index contributed by atoms with van der Waals surface area (Å²) in [5.41, 5.74) is 7.28. The van der Waals surface area contributed by atoms with E-state index >= 15 is 0 Å². The van der Waals surface area contributed by atoms with Crippen molar-refractivity contribution in [3.05, 3.63) is 29.6 Å². The SMILES string of the molecule is Cc1cccc(C(=O)N2CC(C)C(N)C2)n1. The monoisotopic (exact) mass is 219 g/mol. The standard InChI is InChI=1S/C12H17N3O/c1-8-6-15(7-10(8)13)12(16)11-5-3-4-9(2)14-11/h3-5,8,10H,6-7,13H2,1-2H3. The van der Waals surface area contributed by atoms with Gasteiger partial charge in [-0.2, -0.15) is 0 Å². The second-order valence-corrected chi connectivity index (χ2v) is 4.52. The van der Waals surface area contributed by atoms with Crippen molar-refractivity contribution < 1.29 is 4.79 Å². The topological polar surface area (TPSA) is 59.2 Å². The Morgan fingerprint density at radius 3 is 2.81 bits per heavy atom. The van der Waals surface area contributed by atoms with Crippen LogP contribution >= 0.6 is 0 Å². The molecule has 4 heteroatoms. The first kappa shape index (κ1) is 11.1. The summed E-state index contributed by atoms with van der Waals surface area (Å²) in [7, 11) is 0. The number of aryl methyl sites for hydroxylation is 1. The van der Waals surface area contributed by atoms with Crippen molar-refractivity contribution in [2.24, 2.45) is 11.7 Å². The molecule has 16 heavy (non-hydrogen) atoms. The van der Waals surface area contributed by atoms with Crippen LogP contribution in [0.25, 0.3) is 0 Å². The van der Waals surface area contributed by atoms with E-state index in [1.165, 1.54) is 0 Å². The maximum atomic E-state index is 12.1. The lowest BCUT2D eigenvalue weighted by atomic mass is 10.1. The third-order valence-corrected chi connectivity index (χ3v) is 3.07. The largest absolute Gasteiger partial charge is 0.335 e. The second kappa shape index (κ2) is 4.22. The normalized spacial score (nSPS) is 24.8. The van der Waals surface area contributed by atoms with Gasteiger partial charge in [-0.05, 0) is 25.0 Å². The minimum atomic E-state index is -0.0106. The Morgan fingerprint density at radius 2 is 2.25 bits per heavy atom. The summed E-state index contributed by atoms with van der Waals surface area (Å²) in [6, 6.07) is 5.59. The molecule has 86 valence electrons. The van der Waals surface area contributed by atoms with Crippen molar-refractivity contribution in [1.82, 2.24) is 9.88 Å². The van der Waals surface area contributed by atoms with Crippen molar-refractivity contribution in [1.29, 1.82) is 0 Å². The number of likely N-dealkylation sites (tertiary alicyclic amines) is 1. The fraction of sp³-hybridized carbons (Fsp3) is 0.500. The predicted molar refractivity (Wildman–Crippen MR) is 62.0 cm³/mol. The van der Waals surface area contributed by atoms with Crippen LogP contribution in [0.2, 0.25) is 0 Å². The zero-order valence-corrected chi connectivity index (χ0v) is 9.68. The first-order valence-electron chi connectivity index (χ1n) is 5.56. The number of nitrogens with zero attached hydrogens (tertiary/aromatic N) is 2. The smallest absolute Gasteiger partial charge is 0.272 e. The molecule has 0 aliphatic carbocycles. The van der Waals surface area contributed by atoms with E-state index in [-0.39, 0.29) is 11.9 Å². The molecule has 2 unspecified atom stereocenters. The molecule has 0 aromatic carbocycles. The fourth-order valence-electron chi connectivity index (χ4n) is 1.98. The third kappa shape index (κ3) is 2.07. The van der Waals surface area contributed by atoms with Gasteiger partial charge in [-0.25, -0.2) is 4.98 Å². The molecular weight excluding hydrogens is 202 g/mol. The van der Waals surface area contributed by atoms with Crippen LogP contribution in [0.3, 0.4) is 0 Å². The molecule has 0 spiro atoms. The van der Waals surface area contributed by atoms with Gasteiger partial charge >= 0.3 is 0 Å². The van der Waals surface area contributed by atoms with Gasteiger partial charge in [0.25, 0.3) is 5.91 Å². The van der Waals surface area contributed by atoms with Gasteiger partial charge in [0.15, 0.2) is 0 Å². The van der Waals surface area contributed by atoms with Crippen LogP contribution < -0.4 is 5.73 Å². The minimum Gasteiger partial charge on any atom is -0.335 e. The Balaban J connectivity index is 2.14. The summed E-state index contributed by atoms with van der Waals surface area (Å²) in [6.45, 7) is 5.32. The number of hydrogen-bond donors (Lipinski definition) is 1. The molecule has 2 heterocycles. The molecule has 4 nitrogen and oxygen atoms in total. The summed E-state index contributed by atoms with van der Waals surface area (Å²) < 4.78 is 0. The summed E-state index contributed by atoms with van der Waals surface area (Å²) in [5, 5.41) is 0. The number of pyridine rings is 1. The molecular formula is C12H17N3O. The Hall–Kier alpha value is -1.42. The molecule has 1 aromatic rings. The summed E-state index contributed by atoms with van der Waals surface area (Å²) in [5.74, 6) is 0.359. The molecule has 1 saturated heterocycles. The first-order valence-corrected chi connectivity index (χ1v) is 5.56. The van der Waals surface area contributed by atoms with E-state index in [1.54, 1.807) is 11.0 Å². The molecule has 1 aliphatic heterocycles. The lowest BCUT2D eigenvalue weighted by Crippen LogP contribution is -2.32. The van der Waals surface area contributed by atoms with Gasteiger partial charge in [0, 0.05) is 24.8 Å². The highest BCUT2D eigenvalue weighted by Gasteiger charge is 2.30. The summed E-state index contributed by atoms with van der Waals surface area (Å²) in [4.78, 5) is 18.1. The molecule has 2 N–H and O–H groups in total. The highest BCUT2D eigenvalue weighted by molar-refractivity contribution is 5.92. The number of carbonyl (C=O) groups is 1. The summed E-state index contributed by atoms with van der Waals surface area (Å²) >= 11 is 0. The lowest BCUT2D eigenvalue weighted by Gasteiger charge is -2.15. The van der Waals surface area contributed by atoms with E-state index in [9.17, 15) is 4.79 Å². The van der Waals surface area contributed by atoms with Crippen LogP contribution in [0.4, 0.5) is 0 Å². The molecule has 2 atom stereocenters. The van der Waals surface area contributed by atoms with E-state index in [1.807, 2.05) is 19.1 Å². The van der Waals surface area contributed by atoms with Crippen LogP contribution in [0, 0.1) is 12.8 Å². The highest BCUT2D eigenvalue weighted by atomic mass is 16.2. The van der Waals surface area contributed by atoms with Crippen LogP contribution in [0.1, 0.15) is 23.1 Å². The van der Waals surface area contributed by atoms with Gasteiger partial charge in [0.1, 0.15) is 5.69 Å². The number of rotatable bonds is 1. The maximum Gasteiger partial charge on any atom is 0.272 e. The van der Waals surface area contributed by atoms with E-state index < -0.39 is 0 Å². The van der Waals surface area contributed by atoms with Crippen molar-refractivity contribution in [2.75, 3.05) is 13.1 Å². The Morgan fingerprint density at radius 1 is 1.50 bits per heavy atom. The van der Waals surface area contributed by atoms with Crippen LogP contribution in [-0.2, 0) is 0 Å². The van der Waals surface area contributed by atoms with Gasteiger partial charge in [-0.15, -0.1) is 0 Å². The first-order chi connectivity index (χ1) is 7.58. The second-order valence-electron chi connectivity index (χ2n) is 4.52. The molecule has 0 bridgehead atoms. The van der Waals surface area contributed by atoms with Gasteiger partial charge in [-0.1, -0.05) is 13.0 Å². The van der Waals surface area contributed by atoms with Gasteiger partial charge in [-0.3, -0.25) is 4.79 Å². The summed E-state index contributed by atoms with van der Waals surface area (Å²) in [6.07, 6.45) is 0. The van der Waals surface area contributed by atoms with Crippen molar-refractivity contribution >= 4 is 5.91 Å². The molecule has 1 aromatic heterocycles. The van der Waals surface area contributed by atoms with Crippen LogP contribution in [0.15, 0.2) is 18.2 Å². The molecule has 2 rings (SSSR count). The average molecular weight is 219 g/mol. The van der Waals surface area contributed by atoms with E-state index in [0.29, 0.717) is 18.2 Å². The average Bonchev–Trinajstić information content (AvgIpc) is 2.58. The highest BCUT2D eigenvalue weighted by Crippen LogP contribution is 2.16. The zero-order chi connectivity index (χ0) is 11.7. The fourth-order valence-corrected chi connectivity index (χ4v) is 1.98. The predicted octanol–water partition coefficient (Wildman–Crippen LogP) is 0.809. The van der Waals surface area contributed by atoms with Gasteiger partial charge in [0.2, 0.25) is 0 Å². The third-order valence-electron chi connectivity index (χ3n) is 3.07. The zero-order valence-electron chi connectivity index (χ0n) is 9.68.